The van der Waals surface area contributed by atoms with Crippen molar-refractivity contribution in [3.8, 4) is 5.75 Å². The van der Waals surface area contributed by atoms with Crippen LogP contribution >= 0.6 is 0 Å². The molecule has 0 unspecified atom stereocenters. The maximum Gasteiger partial charge on any atom is 0.573 e. The first-order valence-electron chi connectivity index (χ1n) is 8.57. The van der Waals surface area contributed by atoms with Gasteiger partial charge in [0.2, 0.25) is 0 Å². The van der Waals surface area contributed by atoms with E-state index in [9.17, 15) is 22.0 Å². The van der Waals surface area contributed by atoms with Crippen LogP contribution in [-0.2, 0) is 0 Å². The van der Waals surface area contributed by atoms with E-state index in [2.05, 4.69) is 9.72 Å². The number of aromatic nitrogens is 2. The molecule has 4 rings (SSSR count). The van der Waals surface area contributed by atoms with E-state index in [1.165, 1.54) is 24.3 Å². The zero-order chi connectivity index (χ0) is 20.8. The average molecular weight is 407 g/mol. The predicted octanol–water partition coefficient (Wildman–Crippen LogP) is 5.40. The molecule has 0 fully saturated rings. The zero-order valence-electron chi connectivity index (χ0n) is 15.0. The molecule has 9 heteroatoms. The van der Waals surface area contributed by atoms with Crippen molar-refractivity contribution in [2.75, 3.05) is 11.4 Å². The van der Waals surface area contributed by atoms with Crippen molar-refractivity contribution in [2.24, 2.45) is 0 Å². The SMILES string of the molecule is Cc1nc2cc(F)c(F)cc2n1C1=CC=CCN1c1ccc(OC(F)(F)F)cc1. The molecular weight excluding hydrogens is 393 g/mol. The molecule has 0 N–H and O–H groups in total. The van der Waals surface area contributed by atoms with Crippen LogP contribution in [0.25, 0.3) is 16.9 Å². The van der Waals surface area contributed by atoms with Crippen LogP contribution in [0.1, 0.15) is 5.82 Å². The van der Waals surface area contributed by atoms with Crippen LogP contribution in [0.2, 0.25) is 0 Å². The van der Waals surface area contributed by atoms with E-state index in [0.29, 0.717) is 34.9 Å². The van der Waals surface area contributed by atoms with Gasteiger partial charge in [-0.3, -0.25) is 4.57 Å². The van der Waals surface area contributed by atoms with Crippen LogP contribution < -0.4 is 9.64 Å². The Morgan fingerprint density at radius 3 is 2.41 bits per heavy atom. The van der Waals surface area contributed by atoms with Gasteiger partial charge in [0.05, 0.1) is 11.0 Å². The second-order valence-electron chi connectivity index (χ2n) is 6.35. The summed E-state index contributed by atoms with van der Waals surface area (Å²) >= 11 is 0. The lowest BCUT2D eigenvalue weighted by Gasteiger charge is -2.30. The fraction of sp³-hybridized carbons (Fsp3) is 0.150. The number of benzene rings is 2. The number of aryl methyl sites for hydroxylation is 1. The average Bonchev–Trinajstić information content (AvgIpc) is 2.96. The summed E-state index contributed by atoms with van der Waals surface area (Å²) in [6.45, 7) is 2.13. The molecule has 2 heterocycles. The van der Waals surface area contributed by atoms with Crippen molar-refractivity contribution in [3.63, 3.8) is 0 Å². The van der Waals surface area contributed by atoms with Gasteiger partial charge in [-0.2, -0.15) is 0 Å². The summed E-state index contributed by atoms with van der Waals surface area (Å²) < 4.78 is 70.1. The minimum Gasteiger partial charge on any atom is -0.406 e. The van der Waals surface area contributed by atoms with E-state index < -0.39 is 18.0 Å². The van der Waals surface area contributed by atoms with Crippen molar-refractivity contribution in [1.29, 1.82) is 0 Å². The molecule has 1 aliphatic heterocycles. The molecule has 0 bridgehead atoms. The normalized spacial score (nSPS) is 14.4. The molecule has 4 nitrogen and oxygen atoms in total. The number of fused-ring (bicyclic) bond motifs is 1. The third-order valence-corrected chi connectivity index (χ3v) is 4.42. The molecule has 0 radical (unpaired) electrons. The lowest BCUT2D eigenvalue weighted by atomic mass is 10.2. The van der Waals surface area contributed by atoms with Crippen LogP contribution in [0.4, 0.5) is 27.6 Å². The number of imidazole rings is 1. The van der Waals surface area contributed by atoms with Gasteiger partial charge in [0.15, 0.2) is 11.6 Å². The summed E-state index contributed by atoms with van der Waals surface area (Å²) in [5, 5.41) is 0. The summed E-state index contributed by atoms with van der Waals surface area (Å²) in [4.78, 5) is 6.10. The highest BCUT2D eigenvalue weighted by Gasteiger charge is 2.31. The first-order valence-corrected chi connectivity index (χ1v) is 8.57. The number of rotatable bonds is 3. The molecule has 0 spiro atoms. The Morgan fingerprint density at radius 2 is 1.72 bits per heavy atom. The Labute approximate surface area is 162 Å². The summed E-state index contributed by atoms with van der Waals surface area (Å²) in [6, 6.07) is 7.51. The first kappa shape index (κ1) is 19.0. The molecule has 1 aliphatic rings. The van der Waals surface area contributed by atoms with Crippen LogP contribution in [0.15, 0.2) is 54.6 Å². The van der Waals surface area contributed by atoms with Gasteiger partial charge in [-0.1, -0.05) is 12.2 Å². The van der Waals surface area contributed by atoms with E-state index in [1.54, 1.807) is 23.6 Å². The number of allylic oxidation sites excluding steroid dienone is 2. The third kappa shape index (κ3) is 3.67. The van der Waals surface area contributed by atoms with Gasteiger partial charge in [0.1, 0.15) is 17.4 Å². The van der Waals surface area contributed by atoms with Gasteiger partial charge in [-0.25, -0.2) is 13.8 Å². The van der Waals surface area contributed by atoms with Crippen LogP contribution in [-0.4, -0.2) is 22.5 Å². The van der Waals surface area contributed by atoms with Gasteiger partial charge >= 0.3 is 6.36 Å². The molecule has 0 aliphatic carbocycles. The van der Waals surface area contributed by atoms with Crippen molar-refractivity contribution in [3.05, 3.63) is 72.1 Å². The molecule has 1 aromatic heterocycles. The number of hydrogen-bond acceptors (Lipinski definition) is 3. The Hall–Kier alpha value is -3.36. The van der Waals surface area contributed by atoms with E-state index in [-0.39, 0.29) is 5.75 Å². The summed E-state index contributed by atoms with van der Waals surface area (Å²) in [7, 11) is 0. The number of hydrogen-bond donors (Lipinski definition) is 0. The Kier molecular flexibility index (Phi) is 4.52. The van der Waals surface area contributed by atoms with Crippen molar-refractivity contribution < 1.29 is 26.7 Å². The highest BCUT2D eigenvalue weighted by molar-refractivity contribution is 5.84. The fourth-order valence-electron chi connectivity index (χ4n) is 3.25. The highest BCUT2D eigenvalue weighted by Crippen LogP contribution is 2.32. The van der Waals surface area contributed by atoms with E-state index in [1.807, 2.05) is 11.0 Å². The van der Waals surface area contributed by atoms with Gasteiger partial charge < -0.3 is 9.64 Å². The maximum absolute atomic E-state index is 13.8. The number of halogens is 5. The molecule has 150 valence electrons. The quantitative estimate of drug-likeness (QED) is 0.545. The molecule has 2 aromatic carbocycles. The molecule has 0 atom stereocenters. The summed E-state index contributed by atoms with van der Waals surface area (Å²) in [6.07, 6.45) is 0.655. The minimum absolute atomic E-state index is 0.297. The highest BCUT2D eigenvalue weighted by atomic mass is 19.4. The van der Waals surface area contributed by atoms with E-state index in [4.69, 9.17) is 0 Å². The smallest absolute Gasteiger partial charge is 0.406 e. The lowest BCUT2D eigenvalue weighted by Crippen LogP contribution is -2.27. The molecule has 0 amide bonds. The van der Waals surface area contributed by atoms with Gasteiger partial charge in [0, 0.05) is 24.4 Å². The maximum atomic E-state index is 13.8. The number of nitrogens with zero attached hydrogens (tertiary/aromatic N) is 3. The predicted molar refractivity (Wildman–Crippen MR) is 98.3 cm³/mol. The van der Waals surface area contributed by atoms with Crippen molar-refractivity contribution >= 4 is 22.5 Å². The zero-order valence-corrected chi connectivity index (χ0v) is 15.0. The standard InChI is InChI=1S/C20H14F5N3O/c1-12-26-17-10-15(21)16(22)11-18(17)28(12)19-4-2-3-9-27(19)13-5-7-14(8-6-13)29-20(23,24)25/h2-8,10-11H,9H2,1H3. The second kappa shape index (κ2) is 6.91. The van der Waals surface area contributed by atoms with Crippen LogP contribution in [0.5, 0.6) is 5.75 Å². The molecule has 29 heavy (non-hydrogen) atoms. The number of anilines is 1. The van der Waals surface area contributed by atoms with Crippen molar-refractivity contribution in [2.45, 2.75) is 13.3 Å². The minimum atomic E-state index is -4.77. The second-order valence-corrected chi connectivity index (χ2v) is 6.35. The Balaban J connectivity index is 1.75. The monoisotopic (exact) mass is 407 g/mol. The first-order chi connectivity index (χ1) is 13.7. The Morgan fingerprint density at radius 1 is 1.03 bits per heavy atom. The summed E-state index contributed by atoms with van der Waals surface area (Å²) in [5.74, 6) is -1.21. The lowest BCUT2D eigenvalue weighted by molar-refractivity contribution is -0.274. The summed E-state index contributed by atoms with van der Waals surface area (Å²) in [5.41, 5.74) is 1.27. The van der Waals surface area contributed by atoms with Gasteiger partial charge in [-0.05, 0) is 37.3 Å². The molecule has 0 saturated carbocycles. The van der Waals surface area contributed by atoms with E-state index >= 15 is 0 Å². The van der Waals surface area contributed by atoms with Gasteiger partial charge in [0.25, 0.3) is 0 Å². The van der Waals surface area contributed by atoms with Crippen LogP contribution in [0.3, 0.4) is 0 Å². The van der Waals surface area contributed by atoms with E-state index in [0.717, 1.165) is 12.1 Å². The third-order valence-electron chi connectivity index (χ3n) is 4.42. The molecule has 0 saturated heterocycles. The number of alkyl halides is 3. The topological polar surface area (TPSA) is 30.3 Å². The molecular formula is C20H14F5N3O. The van der Waals surface area contributed by atoms with Gasteiger partial charge in [-0.15, -0.1) is 13.2 Å². The van der Waals surface area contributed by atoms with Crippen LogP contribution in [0, 0.1) is 18.6 Å². The Bertz CT molecular complexity index is 1130. The largest absolute Gasteiger partial charge is 0.573 e. The van der Waals surface area contributed by atoms with Crippen molar-refractivity contribution in [1.82, 2.24) is 9.55 Å². The molecule has 3 aromatic rings. The fourth-order valence-corrected chi connectivity index (χ4v) is 3.25. The number of ether oxygens (including phenoxy) is 1.